The van der Waals surface area contributed by atoms with E-state index in [1.165, 1.54) is 11.3 Å². The Morgan fingerprint density at radius 2 is 1.72 bits per heavy atom. The average molecular weight is 351 g/mol. The van der Waals surface area contributed by atoms with Gasteiger partial charge in [-0.15, -0.1) is 11.3 Å². The molecule has 126 valence electrons. The van der Waals surface area contributed by atoms with E-state index in [-0.39, 0.29) is 29.5 Å². The highest BCUT2D eigenvalue weighted by atomic mass is 32.1. The molecule has 2 aromatic carbocycles. The second-order valence-electron chi connectivity index (χ2n) is 6.52. The molecule has 0 spiro atoms. The van der Waals surface area contributed by atoms with Gasteiger partial charge in [0.1, 0.15) is 5.78 Å². The number of rotatable bonds is 3. The number of benzene rings is 2. The van der Waals surface area contributed by atoms with Gasteiger partial charge in [-0.25, -0.2) is 0 Å². The van der Waals surface area contributed by atoms with E-state index in [0.717, 1.165) is 21.2 Å². The second-order valence-corrected chi connectivity index (χ2v) is 7.50. The summed E-state index contributed by atoms with van der Waals surface area (Å²) < 4.78 is 0. The van der Waals surface area contributed by atoms with E-state index < -0.39 is 12.0 Å². The summed E-state index contributed by atoms with van der Waals surface area (Å²) in [6, 6.07) is 16.8. The van der Waals surface area contributed by atoms with E-state index in [0.29, 0.717) is 0 Å². The first-order valence-electron chi connectivity index (χ1n) is 8.31. The zero-order chi connectivity index (χ0) is 17.4. The van der Waals surface area contributed by atoms with Gasteiger partial charge in [-0.05, 0) is 27.8 Å². The van der Waals surface area contributed by atoms with Crippen LogP contribution in [0.3, 0.4) is 0 Å². The summed E-state index contributed by atoms with van der Waals surface area (Å²) >= 11 is 1.50. The van der Waals surface area contributed by atoms with Crippen molar-refractivity contribution in [2.24, 2.45) is 0 Å². The van der Waals surface area contributed by atoms with E-state index in [2.05, 4.69) is 0 Å². The van der Waals surface area contributed by atoms with Crippen LogP contribution < -0.4 is 0 Å². The monoisotopic (exact) mass is 351 g/mol. The minimum atomic E-state index is -0.776. The first-order chi connectivity index (χ1) is 12.1. The molecule has 4 rings (SSSR count). The number of carbonyl (C=O) groups excluding carboxylic acids is 1. The van der Waals surface area contributed by atoms with Crippen molar-refractivity contribution in [3.63, 3.8) is 0 Å². The van der Waals surface area contributed by atoms with Crippen molar-refractivity contribution < 1.29 is 9.72 Å². The molecular formula is C20H17NO3S. The molecule has 3 atom stereocenters. The lowest BCUT2D eigenvalue weighted by atomic mass is 9.72. The van der Waals surface area contributed by atoms with Crippen molar-refractivity contribution in [2.75, 3.05) is 0 Å². The number of hydrogen-bond acceptors (Lipinski definition) is 4. The predicted molar refractivity (Wildman–Crippen MR) is 98.8 cm³/mol. The van der Waals surface area contributed by atoms with Crippen LogP contribution in [0.4, 0.5) is 0 Å². The molecule has 0 N–H and O–H groups in total. The number of fused-ring (bicyclic) bond motifs is 1. The molecule has 1 saturated carbocycles. The van der Waals surface area contributed by atoms with Gasteiger partial charge in [0.05, 0.1) is 11.8 Å². The Hall–Kier alpha value is -2.53. The summed E-state index contributed by atoms with van der Waals surface area (Å²) in [7, 11) is 0. The summed E-state index contributed by atoms with van der Waals surface area (Å²) in [5, 5.41) is 16.0. The number of hydrogen-bond donors (Lipinski definition) is 0. The van der Waals surface area contributed by atoms with Crippen molar-refractivity contribution in [2.45, 2.75) is 30.7 Å². The van der Waals surface area contributed by atoms with Crippen LogP contribution in [0, 0.1) is 10.1 Å². The fourth-order valence-corrected chi connectivity index (χ4v) is 4.90. The molecule has 1 fully saturated rings. The minimum Gasteiger partial charge on any atom is -0.300 e. The first-order valence-corrected chi connectivity index (χ1v) is 9.19. The van der Waals surface area contributed by atoms with Crippen molar-refractivity contribution in [3.05, 3.63) is 80.5 Å². The Labute approximate surface area is 149 Å². The normalized spacial score (nSPS) is 23.7. The van der Waals surface area contributed by atoms with Gasteiger partial charge < -0.3 is 0 Å². The zero-order valence-electron chi connectivity index (χ0n) is 13.5. The molecule has 1 aromatic heterocycles. The van der Waals surface area contributed by atoms with Gasteiger partial charge in [-0.2, -0.15) is 0 Å². The summed E-state index contributed by atoms with van der Waals surface area (Å²) in [5.74, 6) is -0.635. The van der Waals surface area contributed by atoms with Gasteiger partial charge in [-0.3, -0.25) is 14.9 Å². The smallest absolute Gasteiger partial charge is 0.228 e. The van der Waals surface area contributed by atoms with Gasteiger partial charge in [0, 0.05) is 22.6 Å². The third-order valence-corrected chi connectivity index (χ3v) is 6.10. The Bertz CT molecular complexity index is 930. The van der Waals surface area contributed by atoms with Crippen molar-refractivity contribution in [1.82, 2.24) is 0 Å². The molecule has 1 heterocycles. The topological polar surface area (TPSA) is 60.2 Å². The van der Waals surface area contributed by atoms with Crippen LogP contribution in [0.1, 0.15) is 35.1 Å². The maximum absolute atomic E-state index is 12.4. The van der Waals surface area contributed by atoms with Crippen LogP contribution in [0.2, 0.25) is 0 Å². The van der Waals surface area contributed by atoms with E-state index in [4.69, 9.17) is 0 Å². The van der Waals surface area contributed by atoms with Crippen LogP contribution in [0.5, 0.6) is 0 Å². The largest absolute Gasteiger partial charge is 0.300 e. The quantitative estimate of drug-likeness (QED) is 0.504. The molecule has 4 nitrogen and oxygen atoms in total. The molecule has 5 heteroatoms. The van der Waals surface area contributed by atoms with Crippen LogP contribution in [0.25, 0.3) is 10.8 Å². The summed E-state index contributed by atoms with van der Waals surface area (Å²) in [5.41, 5.74) is 0.911. The predicted octanol–water partition coefficient (Wildman–Crippen LogP) is 4.78. The molecule has 1 aliphatic carbocycles. The van der Waals surface area contributed by atoms with Crippen LogP contribution in [-0.2, 0) is 4.79 Å². The molecule has 0 amide bonds. The summed E-state index contributed by atoms with van der Waals surface area (Å²) in [6.07, 6.45) is 0.495. The van der Waals surface area contributed by atoms with Gasteiger partial charge >= 0.3 is 0 Å². The molecule has 25 heavy (non-hydrogen) atoms. The zero-order valence-corrected chi connectivity index (χ0v) is 14.3. The summed E-state index contributed by atoms with van der Waals surface area (Å²) in [4.78, 5) is 25.2. The number of Topliss-reactive ketones (excluding diaryl/α,β-unsaturated/α-hetero) is 1. The molecule has 0 aliphatic heterocycles. The fraction of sp³-hybridized carbons (Fsp3) is 0.250. The molecule has 0 radical (unpaired) electrons. The SMILES string of the molecule is O=C1C[C@@H](c2cccs2)[C@@H]([N+](=O)[O-])[C@H](c2cccc3ccccc23)C1. The van der Waals surface area contributed by atoms with Crippen LogP contribution >= 0.6 is 11.3 Å². The number of nitrogens with zero attached hydrogens (tertiary/aromatic N) is 1. The second kappa shape index (κ2) is 6.41. The highest BCUT2D eigenvalue weighted by Gasteiger charge is 2.47. The van der Waals surface area contributed by atoms with Gasteiger partial charge in [-0.1, -0.05) is 48.5 Å². The first kappa shape index (κ1) is 16.0. The Balaban J connectivity index is 1.86. The maximum Gasteiger partial charge on any atom is 0.228 e. The maximum atomic E-state index is 12.4. The lowest BCUT2D eigenvalue weighted by Crippen LogP contribution is -2.40. The minimum absolute atomic E-state index is 0.106. The highest BCUT2D eigenvalue weighted by molar-refractivity contribution is 7.10. The molecule has 3 aromatic rings. The lowest BCUT2D eigenvalue weighted by molar-refractivity contribution is -0.532. The number of thiophene rings is 1. The Morgan fingerprint density at radius 1 is 0.960 bits per heavy atom. The number of ketones is 1. The fourth-order valence-electron chi connectivity index (χ4n) is 4.03. The summed E-state index contributed by atoms with van der Waals surface area (Å²) in [6.45, 7) is 0. The van der Waals surface area contributed by atoms with E-state index in [1.54, 1.807) is 0 Å². The van der Waals surface area contributed by atoms with Gasteiger partial charge in [0.15, 0.2) is 0 Å². The van der Waals surface area contributed by atoms with E-state index in [9.17, 15) is 14.9 Å². The number of nitro groups is 1. The third kappa shape index (κ3) is 2.85. The number of carbonyl (C=O) groups is 1. The van der Waals surface area contributed by atoms with Crippen molar-refractivity contribution in [1.29, 1.82) is 0 Å². The van der Waals surface area contributed by atoms with E-state index in [1.807, 2.05) is 60.0 Å². The Kier molecular flexibility index (Phi) is 4.09. The van der Waals surface area contributed by atoms with Crippen LogP contribution in [0.15, 0.2) is 60.0 Å². The molecule has 0 unspecified atom stereocenters. The molecular weight excluding hydrogens is 334 g/mol. The van der Waals surface area contributed by atoms with E-state index >= 15 is 0 Å². The third-order valence-electron chi connectivity index (χ3n) is 5.09. The lowest BCUT2D eigenvalue weighted by Gasteiger charge is -2.32. The Morgan fingerprint density at radius 3 is 2.48 bits per heavy atom. The molecule has 1 aliphatic rings. The van der Waals surface area contributed by atoms with Crippen molar-refractivity contribution >= 4 is 27.9 Å². The van der Waals surface area contributed by atoms with Crippen molar-refractivity contribution in [3.8, 4) is 0 Å². The van der Waals surface area contributed by atoms with Gasteiger partial charge in [0.25, 0.3) is 0 Å². The molecule has 0 saturated heterocycles. The van der Waals surface area contributed by atoms with Crippen LogP contribution in [-0.4, -0.2) is 16.7 Å². The average Bonchev–Trinajstić information content (AvgIpc) is 3.14. The van der Waals surface area contributed by atoms with Gasteiger partial charge in [0.2, 0.25) is 6.04 Å². The highest BCUT2D eigenvalue weighted by Crippen LogP contribution is 2.44. The molecule has 0 bridgehead atoms. The standard InChI is InChI=1S/C20H17NO3S/c22-14-11-17(16-8-3-6-13-5-1-2-7-15(13)16)20(21(23)24)18(12-14)19-9-4-10-25-19/h1-10,17-18,20H,11-12H2/t17-,18-,20-/m0/s1.